The number of nitrogens with two attached hydrogens (primary N) is 1. The predicted molar refractivity (Wildman–Crippen MR) is 95.6 cm³/mol. The topological polar surface area (TPSA) is 67.1 Å². The lowest BCUT2D eigenvalue weighted by Crippen LogP contribution is -2.27. The monoisotopic (exact) mass is 365 g/mol. The number of anilines is 3. The van der Waals surface area contributed by atoms with E-state index >= 15 is 0 Å². The van der Waals surface area contributed by atoms with Gasteiger partial charge >= 0.3 is 6.18 Å². The maximum Gasteiger partial charge on any atom is 0.416 e. The van der Waals surface area contributed by atoms with Crippen molar-refractivity contribution >= 4 is 17.5 Å². The molecule has 0 amide bonds. The fraction of sp³-hybridized carbons (Fsp3) is 0.444. The van der Waals surface area contributed by atoms with Gasteiger partial charge in [0.1, 0.15) is 5.82 Å². The number of hydrogen-bond donors (Lipinski definition) is 2. The SMILES string of the molecule is CCCc1cc(N2CC[C@H](N)C2)nc(Nc2cccc(C(F)(F)F)c2)n1. The van der Waals surface area contributed by atoms with Crippen molar-refractivity contribution in [2.75, 3.05) is 23.3 Å². The first kappa shape index (κ1) is 18.4. The van der Waals surface area contributed by atoms with Crippen LogP contribution in [0.4, 0.5) is 30.6 Å². The Morgan fingerprint density at radius 2 is 2.08 bits per heavy atom. The molecule has 0 saturated carbocycles. The standard InChI is InChI=1S/C18H22F3N5/c1-2-4-14-10-16(26-8-7-13(22)11-26)25-17(23-14)24-15-6-3-5-12(9-15)18(19,20)21/h3,5-6,9-10,13H,2,4,7-8,11,22H2,1H3,(H,23,24,25)/t13-/m0/s1. The van der Waals surface area contributed by atoms with Gasteiger partial charge in [0.15, 0.2) is 0 Å². The van der Waals surface area contributed by atoms with Gasteiger partial charge in [-0.1, -0.05) is 19.4 Å². The summed E-state index contributed by atoms with van der Waals surface area (Å²) in [7, 11) is 0. The number of aromatic nitrogens is 2. The van der Waals surface area contributed by atoms with Gasteiger partial charge in [0.2, 0.25) is 5.95 Å². The van der Waals surface area contributed by atoms with Gasteiger partial charge in [0.25, 0.3) is 0 Å². The molecule has 1 aliphatic rings. The van der Waals surface area contributed by atoms with Gasteiger partial charge in [-0.2, -0.15) is 18.2 Å². The van der Waals surface area contributed by atoms with Crippen LogP contribution in [0.2, 0.25) is 0 Å². The maximum atomic E-state index is 12.9. The first-order valence-electron chi connectivity index (χ1n) is 8.68. The maximum absolute atomic E-state index is 12.9. The molecule has 0 spiro atoms. The molecule has 1 aliphatic heterocycles. The highest BCUT2D eigenvalue weighted by Crippen LogP contribution is 2.31. The predicted octanol–water partition coefficient (Wildman–Crippen LogP) is 3.73. The van der Waals surface area contributed by atoms with E-state index < -0.39 is 11.7 Å². The van der Waals surface area contributed by atoms with Crippen LogP contribution in [-0.4, -0.2) is 29.1 Å². The van der Waals surface area contributed by atoms with Crippen molar-refractivity contribution in [1.82, 2.24) is 9.97 Å². The van der Waals surface area contributed by atoms with Gasteiger partial charge in [-0.15, -0.1) is 0 Å². The van der Waals surface area contributed by atoms with Crippen molar-refractivity contribution in [3.63, 3.8) is 0 Å². The van der Waals surface area contributed by atoms with Gasteiger partial charge in [0, 0.05) is 36.6 Å². The van der Waals surface area contributed by atoms with Crippen LogP contribution in [0, 0.1) is 0 Å². The molecule has 1 saturated heterocycles. The lowest BCUT2D eigenvalue weighted by molar-refractivity contribution is -0.137. The van der Waals surface area contributed by atoms with Gasteiger partial charge in [0.05, 0.1) is 5.56 Å². The van der Waals surface area contributed by atoms with Crippen LogP contribution < -0.4 is 16.0 Å². The van der Waals surface area contributed by atoms with E-state index in [9.17, 15) is 13.2 Å². The summed E-state index contributed by atoms with van der Waals surface area (Å²) in [5, 5.41) is 2.91. The van der Waals surface area contributed by atoms with E-state index in [0.29, 0.717) is 18.2 Å². The number of rotatable bonds is 5. The minimum Gasteiger partial charge on any atom is -0.355 e. The third-order valence-corrected chi connectivity index (χ3v) is 4.27. The van der Waals surface area contributed by atoms with Crippen LogP contribution in [-0.2, 0) is 12.6 Å². The van der Waals surface area contributed by atoms with E-state index in [-0.39, 0.29) is 6.04 Å². The number of nitrogens with one attached hydrogen (secondary N) is 1. The molecular weight excluding hydrogens is 343 g/mol. The summed E-state index contributed by atoms with van der Waals surface area (Å²) in [6.45, 7) is 3.58. The van der Waals surface area contributed by atoms with Gasteiger partial charge in [-0.3, -0.25) is 0 Å². The molecule has 26 heavy (non-hydrogen) atoms. The minimum atomic E-state index is -4.39. The van der Waals surface area contributed by atoms with Crippen LogP contribution in [0.5, 0.6) is 0 Å². The Morgan fingerprint density at radius 1 is 1.27 bits per heavy atom. The average molecular weight is 365 g/mol. The molecule has 0 aliphatic carbocycles. The normalized spacial score (nSPS) is 17.6. The molecule has 5 nitrogen and oxygen atoms in total. The van der Waals surface area contributed by atoms with Gasteiger partial charge in [-0.05, 0) is 31.0 Å². The Balaban J connectivity index is 1.88. The zero-order valence-electron chi connectivity index (χ0n) is 14.6. The molecule has 2 heterocycles. The van der Waals surface area contributed by atoms with Crippen LogP contribution in [0.3, 0.4) is 0 Å². The number of halogens is 3. The second kappa shape index (κ2) is 7.49. The summed E-state index contributed by atoms with van der Waals surface area (Å²) >= 11 is 0. The number of aryl methyl sites for hydroxylation is 1. The molecule has 3 rings (SSSR count). The van der Waals surface area contributed by atoms with Gasteiger partial charge < -0.3 is 16.0 Å². The van der Waals surface area contributed by atoms with Crippen molar-refractivity contribution in [2.24, 2.45) is 5.73 Å². The molecule has 1 aromatic carbocycles. The third-order valence-electron chi connectivity index (χ3n) is 4.27. The van der Waals surface area contributed by atoms with Crippen molar-refractivity contribution in [1.29, 1.82) is 0 Å². The zero-order valence-corrected chi connectivity index (χ0v) is 14.6. The summed E-state index contributed by atoms with van der Waals surface area (Å²) < 4.78 is 38.7. The molecule has 3 N–H and O–H groups in total. The Hall–Kier alpha value is -2.35. The molecule has 1 atom stereocenters. The van der Waals surface area contributed by atoms with Gasteiger partial charge in [-0.25, -0.2) is 4.98 Å². The van der Waals surface area contributed by atoms with Crippen molar-refractivity contribution < 1.29 is 13.2 Å². The van der Waals surface area contributed by atoms with Crippen molar-refractivity contribution in [3.05, 3.63) is 41.6 Å². The molecule has 0 bridgehead atoms. The van der Waals surface area contributed by atoms with E-state index in [1.165, 1.54) is 6.07 Å². The first-order chi connectivity index (χ1) is 12.3. The van der Waals surface area contributed by atoms with E-state index in [1.807, 2.05) is 13.0 Å². The molecular formula is C18H22F3N5. The molecule has 8 heteroatoms. The molecule has 1 aromatic heterocycles. The van der Waals surface area contributed by atoms with Crippen molar-refractivity contribution in [3.8, 4) is 0 Å². The zero-order chi connectivity index (χ0) is 18.7. The quantitative estimate of drug-likeness (QED) is 0.845. The summed E-state index contributed by atoms with van der Waals surface area (Å²) in [5.74, 6) is 1.05. The van der Waals surface area contributed by atoms with Crippen LogP contribution in [0.15, 0.2) is 30.3 Å². The second-order valence-electron chi connectivity index (χ2n) is 6.49. The van der Waals surface area contributed by atoms with Crippen LogP contribution in [0.1, 0.15) is 31.0 Å². The highest BCUT2D eigenvalue weighted by molar-refractivity contribution is 5.57. The summed E-state index contributed by atoms with van der Waals surface area (Å²) in [4.78, 5) is 11.0. The van der Waals surface area contributed by atoms with E-state index in [2.05, 4.69) is 20.2 Å². The fourth-order valence-corrected chi connectivity index (χ4v) is 2.98. The number of benzene rings is 1. The lowest BCUT2D eigenvalue weighted by Gasteiger charge is -2.19. The first-order valence-corrected chi connectivity index (χ1v) is 8.68. The third kappa shape index (κ3) is 4.43. The molecule has 0 radical (unpaired) electrons. The van der Waals surface area contributed by atoms with Crippen LogP contribution >= 0.6 is 0 Å². The van der Waals surface area contributed by atoms with Crippen molar-refractivity contribution in [2.45, 2.75) is 38.4 Å². The Morgan fingerprint density at radius 3 is 2.73 bits per heavy atom. The summed E-state index contributed by atoms with van der Waals surface area (Å²) in [6.07, 6.45) is -1.81. The highest BCUT2D eigenvalue weighted by Gasteiger charge is 2.30. The van der Waals surface area contributed by atoms with E-state index in [4.69, 9.17) is 5.73 Å². The molecule has 2 aromatic rings. The Bertz CT molecular complexity index is 763. The summed E-state index contributed by atoms with van der Waals surface area (Å²) in [6, 6.07) is 7.06. The number of alkyl halides is 3. The molecule has 0 unspecified atom stereocenters. The average Bonchev–Trinajstić information content (AvgIpc) is 3.01. The second-order valence-corrected chi connectivity index (χ2v) is 6.49. The smallest absolute Gasteiger partial charge is 0.355 e. The summed E-state index contributed by atoms with van der Waals surface area (Å²) in [5.41, 5.74) is 6.42. The highest BCUT2D eigenvalue weighted by atomic mass is 19.4. The van der Waals surface area contributed by atoms with Crippen LogP contribution in [0.25, 0.3) is 0 Å². The Labute approximate surface area is 150 Å². The lowest BCUT2D eigenvalue weighted by atomic mass is 10.2. The minimum absolute atomic E-state index is 0.111. The largest absolute Gasteiger partial charge is 0.416 e. The fourth-order valence-electron chi connectivity index (χ4n) is 2.98. The van der Waals surface area contributed by atoms with E-state index in [1.54, 1.807) is 6.07 Å². The molecule has 140 valence electrons. The number of hydrogen-bond acceptors (Lipinski definition) is 5. The Kier molecular flexibility index (Phi) is 5.31. The van der Waals surface area contributed by atoms with E-state index in [0.717, 1.165) is 49.5 Å². The number of nitrogens with zero attached hydrogens (tertiary/aromatic N) is 3. The molecule has 1 fully saturated rings.